The molecule has 1 saturated heterocycles. The van der Waals surface area contributed by atoms with Gasteiger partial charge in [0.05, 0.1) is 12.0 Å². The van der Waals surface area contributed by atoms with E-state index in [0.717, 1.165) is 0 Å². The minimum Gasteiger partial charge on any atom is -0.314 e. The van der Waals surface area contributed by atoms with Crippen LogP contribution in [0.2, 0.25) is 0 Å². The largest absolute Gasteiger partial charge is 0.403 e. The summed E-state index contributed by atoms with van der Waals surface area (Å²) in [6.45, 7) is 5.05. The van der Waals surface area contributed by atoms with Gasteiger partial charge in [-0.2, -0.15) is 31.4 Å². The van der Waals surface area contributed by atoms with Gasteiger partial charge in [0, 0.05) is 43.7 Å². The smallest absolute Gasteiger partial charge is 0.314 e. The average molecular weight is 501 g/mol. The molecule has 4 N–H and O–H groups in total. The summed E-state index contributed by atoms with van der Waals surface area (Å²) in [5.41, 5.74) is -1.47. The van der Waals surface area contributed by atoms with E-state index in [4.69, 9.17) is 0 Å². The molecule has 5 nitrogen and oxygen atoms in total. The molecule has 13 heteroatoms. The Bertz CT molecular complexity index is 594. The highest BCUT2D eigenvalue weighted by molar-refractivity contribution is 4.95. The average Bonchev–Trinajstić information content (AvgIpc) is 2.62. The standard InChI is InChI=1S/C20H36F8N4O/c1-12-8-30-15(20(26,27)28)7-6-14(19(23,24)25)11-32(33)13(2)9-31-16(10-29-12)18(21,22)17(3,4)5/h12-16,29-31,33H,6-11H2,1-5H3. The molecule has 0 saturated carbocycles. The molecule has 0 aromatic rings. The Balaban J connectivity index is 3.20. The van der Waals surface area contributed by atoms with Gasteiger partial charge >= 0.3 is 12.4 Å². The lowest BCUT2D eigenvalue weighted by Gasteiger charge is -2.39. The van der Waals surface area contributed by atoms with E-state index in [-0.39, 0.29) is 19.6 Å². The summed E-state index contributed by atoms with van der Waals surface area (Å²) in [5.74, 6) is -5.49. The van der Waals surface area contributed by atoms with Crippen molar-refractivity contribution in [1.29, 1.82) is 0 Å². The Morgan fingerprint density at radius 2 is 1.27 bits per heavy atom. The van der Waals surface area contributed by atoms with Gasteiger partial charge in [-0.05, 0) is 26.7 Å². The molecule has 198 valence electrons. The lowest BCUT2D eigenvalue weighted by Crippen LogP contribution is -2.59. The van der Waals surface area contributed by atoms with E-state index >= 15 is 8.78 Å². The first-order valence-electron chi connectivity index (χ1n) is 10.9. The van der Waals surface area contributed by atoms with Crippen LogP contribution in [0.5, 0.6) is 0 Å². The van der Waals surface area contributed by atoms with Gasteiger partial charge in [-0.15, -0.1) is 0 Å². The molecule has 5 unspecified atom stereocenters. The third-order valence-corrected chi connectivity index (χ3v) is 6.02. The summed E-state index contributed by atoms with van der Waals surface area (Å²) in [6, 6.07) is -5.33. The molecular formula is C20H36F8N4O. The van der Waals surface area contributed by atoms with Crippen molar-refractivity contribution < 1.29 is 40.3 Å². The van der Waals surface area contributed by atoms with Gasteiger partial charge in [0.15, 0.2) is 0 Å². The second kappa shape index (κ2) is 11.3. The fourth-order valence-corrected chi connectivity index (χ4v) is 3.49. The lowest BCUT2D eigenvalue weighted by atomic mass is 9.83. The van der Waals surface area contributed by atoms with Crippen LogP contribution in [-0.4, -0.2) is 78.9 Å². The van der Waals surface area contributed by atoms with E-state index in [0.29, 0.717) is 5.06 Å². The molecular weight excluding hydrogens is 464 g/mol. The number of halogens is 8. The quantitative estimate of drug-likeness (QED) is 0.407. The van der Waals surface area contributed by atoms with Gasteiger partial charge < -0.3 is 21.2 Å². The number of nitrogens with zero attached hydrogens (tertiary/aromatic N) is 1. The minimum absolute atomic E-state index is 0.253. The number of alkyl halides is 8. The number of nitrogens with one attached hydrogen (secondary N) is 3. The molecule has 0 aromatic carbocycles. The lowest BCUT2D eigenvalue weighted by molar-refractivity contribution is -0.216. The van der Waals surface area contributed by atoms with Crippen LogP contribution in [-0.2, 0) is 0 Å². The summed E-state index contributed by atoms with van der Waals surface area (Å²) in [5, 5.41) is 18.1. The number of hydrogen-bond donors (Lipinski definition) is 4. The zero-order valence-electron chi connectivity index (χ0n) is 19.5. The summed E-state index contributed by atoms with van der Waals surface area (Å²) >= 11 is 0. The van der Waals surface area contributed by atoms with Crippen LogP contribution in [0.25, 0.3) is 0 Å². The van der Waals surface area contributed by atoms with Crippen molar-refractivity contribution in [2.45, 2.75) is 89.9 Å². The first-order chi connectivity index (χ1) is 14.8. The first-order valence-corrected chi connectivity index (χ1v) is 10.9. The highest BCUT2D eigenvalue weighted by Crippen LogP contribution is 2.38. The molecule has 33 heavy (non-hydrogen) atoms. The van der Waals surface area contributed by atoms with E-state index in [2.05, 4.69) is 16.0 Å². The Kier molecular flexibility index (Phi) is 10.4. The maximum Gasteiger partial charge on any atom is 0.403 e. The molecule has 0 radical (unpaired) electrons. The van der Waals surface area contributed by atoms with Gasteiger partial charge in [-0.3, -0.25) is 0 Å². The predicted octanol–water partition coefficient (Wildman–Crippen LogP) is 4.18. The van der Waals surface area contributed by atoms with Crippen molar-refractivity contribution in [2.24, 2.45) is 11.3 Å². The normalized spacial score (nSPS) is 31.6. The van der Waals surface area contributed by atoms with Gasteiger partial charge in [0.1, 0.15) is 6.04 Å². The zero-order chi connectivity index (χ0) is 25.8. The Labute approximate surface area is 189 Å². The number of rotatable bonds is 1. The first kappa shape index (κ1) is 30.3. The highest BCUT2D eigenvalue weighted by atomic mass is 19.4. The molecule has 0 amide bonds. The molecule has 1 aliphatic heterocycles. The van der Waals surface area contributed by atoms with Gasteiger partial charge in [-0.1, -0.05) is 20.8 Å². The molecule has 0 spiro atoms. The molecule has 0 bridgehead atoms. The van der Waals surface area contributed by atoms with Crippen molar-refractivity contribution in [3.05, 3.63) is 0 Å². The molecule has 1 rings (SSSR count). The van der Waals surface area contributed by atoms with E-state index < -0.39 is 73.2 Å². The van der Waals surface area contributed by atoms with E-state index in [1.165, 1.54) is 34.6 Å². The summed E-state index contributed by atoms with van der Waals surface area (Å²) in [6.07, 6.45) is -11.3. The number of hydrogen-bond acceptors (Lipinski definition) is 5. The van der Waals surface area contributed by atoms with Gasteiger partial charge in [-0.25, -0.2) is 8.78 Å². The van der Waals surface area contributed by atoms with Crippen molar-refractivity contribution in [3.8, 4) is 0 Å². The summed E-state index contributed by atoms with van der Waals surface area (Å²) in [4.78, 5) is 0. The second-order valence-electron chi connectivity index (χ2n) is 9.93. The predicted molar refractivity (Wildman–Crippen MR) is 108 cm³/mol. The van der Waals surface area contributed by atoms with Crippen molar-refractivity contribution in [1.82, 2.24) is 21.0 Å². The monoisotopic (exact) mass is 500 g/mol. The fraction of sp³-hybridized carbons (Fsp3) is 1.00. The second-order valence-corrected chi connectivity index (χ2v) is 9.93. The Morgan fingerprint density at radius 1 is 0.727 bits per heavy atom. The van der Waals surface area contributed by atoms with E-state index in [1.807, 2.05) is 0 Å². The molecule has 1 aliphatic rings. The van der Waals surface area contributed by atoms with Crippen LogP contribution in [0.1, 0.15) is 47.5 Å². The van der Waals surface area contributed by atoms with Crippen molar-refractivity contribution in [3.63, 3.8) is 0 Å². The SMILES string of the molecule is CC1CNC(C(F)(F)F)CCC(C(F)(F)F)CN(O)C(C)CNC(C(F)(F)C(C)(C)C)CN1. The summed E-state index contributed by atoms with van der Waals surface area (Å²) < 4.78 is 111. The van der Waals surface area contributed by atoms with Crippen LogP contribution in [0.15, 0.2) is 0 Å². The van der Waals surface area contributed by atoms with Crippen LogP contribution >= 0.6 is 0 Å². The van der Waals surface area contributed by atoms with Crippen molar-refractivity contribution in [2.75, 3.05) is 26.2 Å². The zero-order valence-corrected chi connectivity index (χ0v) is 19.5. The van der Waals surface area contributed by atoms with Crippen LogP contribution in [0, 0.1) is 11.3 Å². The Morgan fingerprint density at radius 3 is 1.76 bits per heavy atom. The van der Waals surface area contributed by atoms with Gasteiger partial charge in [0.25, 0.3) is 5.92 Å². The fourth-order valence-electron chi connectivity index (χ4n) is 3.49. The summed E-state index contributed by atoms with van der Waals surface area (Å²) in [7, 11) is 0. The topological polar surface area (TPSA) is 59.6 Å². The Hall–Kier alpha value is -0.760. The molecule has 0 aliphatic carbocycles. The van der Waals surface area contributed by atoms with Gasteiger partial charge in [0.2, 0.25) is 0 Å². The van der Waals surface area contributed by atoms with Crippen LogP contribution in [0.4, 0.5) is 35.1 Å². The van der Waals surface area contributed by atoms with E-state index in [9.17, 15) is 31.5 Å². The third-order valence-electron chi connectivity index (χ3n) is 6.02. The third kappa shape index (κ3) is 9.08. The molecule has 0 aromatic heterocycles. The highest BCUT2D eigenvalue weighted by Gasteiger charge is 2.50. The molecule has 5 atom stereocenters. The van der Waals surface area contributed by atoms with Crippen molar-refractivity contribution >= 4 is 0 Å². The van der Waals surface area contributed by atoms with E-state index in [1.54, 1.807) is 0 Å². The maximum absolute atomic E-state index is 15.1. The molecule has 1 heterocycles. The maximum atomic E-state index is 15.1. The van der Waals surface area contributed by atoms with Crippen LogP contribution < -0.4 is 16.0 Å². The van der Waals surface area contributed by atoms with Crippen LogP contribution in [0.3, 0.4) is 0 Å². The molecule has 1 fully saturated rings. The minimum atomic E-state index is -4.84. The number of hydroxylamine groups is 2.